The lowest BCUT2D eigenvalue weighted by Gasteiger charge is -2.10. The molecule has 0 amide bonds. The first-order valence-electron chi connectivity index (χ1n) is 11.4. The lowest BCUT2D eigenvalue weighted by molar-refractivity contribution is -0.138. The summed E-state index contributed by atoms with van der Waals surface area (Å²) in [7, 11) is 0. The number of ether oxygens (including phenoxy) is 3. The Morgan fingerprint density at radius 2 is 1.48 bits per heavy atom. The second kappa shape index (κ2) is 14.3. The molecule has 0 heterocycles. The normalized spacial score (nSPS) is 12.0. The molecular weight excluding hydrogens is 388 g/mol. The monoisotopic (exact) mass is 424 g/mol. The molecule has 0 aliphatic rings. The van der Waals surface area contributed by atoms with Gasteiger partial charge >= 0.3 is 5.97 Å². The molecule has 0 bridgehead atoms. The topological polar surface area (TPSA) is 44.8 Å². The van der Waals surface area contributed by atoms with Gasteiger partial charge in [-0.2, -0.15) is 0 Å². The van der Waals surface area contributed by atoms with Crippen LogP contribution in [-0.2, 0) is 9.53 Å². The van der Waals surface area contributed by atoms with Crippen molar-refractivity contribution in [3.05, 3.63) is 65.7 Å². The maximum atomic E-state index is 11.9. The van der Waals surface area contributed by atoms with Gasteiger partial charge in [-0.25, -0.2) is 4.79 Å². The first kappa shape index (κ1) is 24.5. The Labute approximate surface area is 187 Å². The van der Waals surface area contributed by atoms with Gasteiger partial charge in [0.2, 0.25) is 0 Å². The van der Waals surface area contributed by atoms with Crippen molar-refractivity contribution < 1.29 is 19.0 Å². The van der Waals surface area contributed by atoms with Crippen LogP contribution in [0.3, 0.4) is 0 Å². The minimum atomic E-state index is -0.382. The van der Waals surface area contributed by atoms with E-state index in [-0.39, 0.29) is 12.6 Å². The fraction of sp³-hybridized carbons (Fsp3) is 0.444. The standard InChI is InChI=1S/C27H36O4/c1-4-6-7-8-19-29-25-14-9-23(10-15-25)11-18-27(28)31-21-20-30-26-16-12-24(13-17-26)22(3)5-2/h9-18,22H,4-8,19-21H2,1-3H3/b18-11+. The molecule has 0 radical (unpaired) electrons. The number of unbranched alkanes of at least 4 members (excludes halogenated alkanes) is 3. The van der Waals surface area contributed by atoms with E-state index in [1.54, 1.807) is 6.08 Å². The van der Waals surface area contributed by atoms with Crippen molar-refractivity contribution in [2.24, 2.45) is 0 Å². The molecule has 0 aromatic heterocycles. The molecule has 0 fully saturated rings. The molecule has 0 spiro atoms. The van der Waals surface area contributed by atoms with Gasteiger partial charge < -0.3 is 14.2 Å². The van der Waals surface area contributed by atoms with Gasteiger partial charge in [-0.05, 0) is 60.2 Å². The first-order chi connectivity index (χ1) is 15.1. The van der Waals surface area contributed by atoms with Gasteiger partial charge in [-0.3, -0.25) is 0 Å². The third-order valence-electron chi connectivity index (χ3n) is 5.22. The summed E-state index contributed by atoms with van der Waals surface area (Å²) < 4.78 is 16.6. The van der Waals surface area contributed by atoms with Crippen molar-refractivity contribution in [2.45, 2.75) is 58.8 Å². The van der Waals surface area contributed by atoms with Gasteiger partial charge in [0.1, 0.15) is 24.7 Å². The molecular formula is C27H36O4. The fourth-order valence-electron chi connectivity index (χ4n) is 3.04. The number of hydrogen-bond donors (Lipinski definition) is 0. The zero-order valence-electron chi connectivity index (χ0n) is 19.1. The molecule has 2 rings (SSSR count). The molecule has 4 nitrogen and oxygen atoms in total. The Hall–Kier alpha value is -2.75. The van der Waals surface area contributed by atoms with Gasteiger partial charge in [0.05, 0.1) is 6.61 Å². The van der Waals surface area contributed by atoms with Crippen LogP contribution < -0.4 is 9.47 Å². The Morgan fingerprint density at radius 1 is 0.839 bits per heavy atom. The highest BCUT2D eigenvalue weighted by Gasteiger charge is 2.03. The van der Waals surface area contributed by atoms with Crippen molar-refractivity contribution in [3.8, 4) is 11.5 Å². The van der Waals surface area contributed by atoms with E-state index in [0.29, 0.717) is 12.5 Å². The molecule has 0 N–H and O–H groups in total. The molecule has 0 aliphatic heterocycles. The minimum Gasteiger partial charge on any atom is -0.494 e. The summed E-state index contributed by atoms with van der Waals surface area (Å²) in [6.45, 7) is 7.86. The van der Waals surface area contributed by atoms with Crippen molar-refractivity contribution in [1.82, 2.24) is 0 Å². The molecule has 168 valence electrons. The van der Waals surface area contributed by atoms with Gasteiger partial charge in [0, 0.05) is 6.08 Å². The SMILES string of the molecule is CCCCCCOc1ccc(/C=C/C(=O)OCCOc2ccc(C(C)CC)cc2)cc1. The number of rotatable bonds is 14. The van der Waals surface area contributed by atoms with Crippen LogP contribution in [0.5, 0.6) is 11.5 Å². The van der Waals surface area contributed by atoms with Gasteiger partial charge in [0.15, 0.2) is 0 Å². The van der Waals surface area contributed by atoms with Crippen LogP contribution in [-0.4, -0.2) is 25.8 Å². The largest absolute Gasteiger partial charge is 0.494 e. The Bertz CT molecular complexity index is 778. The highest BCUT2D eigenvalue weighted by Crippen LogP contribution is 2.21. The van der Waals surface area contributed by atoms with Gasteiger partial charge in [-0.1, -0.05) is 64.3 Å². The van der Waals surface area contributed by atoms with Crippen LogP contribution in [0, 0.1) is 0 Å². The molecule has 4 heteroatoms. The second-order valence-electron chi connectivity index (χ2n) is 7.71. The molecule has 0 aliphatic carbocycles. The summed E-state index contributed by atoms with van der Waals surface area (Å²) in [5.74, 6) is 1.80. The average molecular weight is 425 g/mol. The number of hydrogen-bond acceptors (Lipinski definition) is 4. The summed E-state index contributed by atoms with van der Waals surface area (Å²) in [5, 5.41) is 0. The summed E-state index contributed by atoms with van der Waals surface area (Å²) in [5.41, 5.74) is 2.23. The zero-order chi connectivity index (χ0) is 22.3. The third kappa shape index (κ3) is 9.73. The van der Waals surface area contributed by atoms with E-state index >= 15 is 0 Å². The van der Waals surface area contributed by atoms with Crippen LogP contribution in [0.4, 0.5) is 0 Å². The summed E-state index contributed by atoms with van der Waals surface area (Å²) in [4.78, 5) is 11.9. The number of benzene rings is 2. The predicted octanol–water partition coefficient (Wildman–Crippen LogP) is 6.79. The number of carbonyl (C=O) groups excluding carboxylic acids is 1. The van der Waals surface area contributed by atoms with E-state index in [0.717, 1.165) is 36.5 Å². The lowest BCUT2D eigenvalue weighted by Crippen LogP contribution is -2.10. The van der Waals surface area contributed by atoms with Crippen LogP contribution in [0.1, 0.15) is 69.9 Å². The molecule has 0 saturated heterocycles. The van der Waals surface area contributed by atoms with E-state index in [9.17, 15) is 4.79 Å². The van der Waals surface area contributed by atoms with Crippen molar-refractivity contribution in [3.63, 3.8) is 0 Å². The molecule has 31 heavy (non-hydrogen) atoms. The predicted molar refractivity (Wildman–Crippen MR) is 127 cm³/mol. The van der Waals surface area contributed by atoms with Crippen molar-refractivity contribution in [2.75, 3.05) is 19.8 Å². The van der Waals surface area contributed by atoms with Crippen LogP contribution in [0.25, 0.3) is 6.08 Å². The van der Waals surface area contributed by atoms with Gasteiger partial charge in [0.25, 0.3) is 0 Å². The average Bonchev–Trinajstić information content (AvgIpc) is 2.81. The first-order valence-corrected chi connectivity index (χ1v) is 11.4. The fourth-order valence-corrected chi connectivity index (χ4v) is 3.04. The van der Waals surface area contributed by atoms with Crippen molar-refractivity contribution >= 4 is 12.0 Å². The Morgan fingerprint density at radius 3 is 2.13 bits per heavy atom. The quantitative estimate of drug-likeness (QED) is 0.190. The number of carbonyl (C=O) groups is 1. The maximum absolute atomic E-state index is 11.9. The summed E-state index contributed by atoms with van der Waals surface area (Å²) in [6.07, 6.45) is 9.04. The van der Waals surface area contributed by atoms with E-state index in [2.05, 4.69) is 32.9 Å². The van der Waals surface area contributed by atoms with Crippen LogP contribution >= 0.6 is 0 Å². The number of esters is 1. The Balaban J connectivity index is 1.64. The maximum Gasteiger partial charge on any atom is 0.330 e. The summed E-state index contributed by atoms with van der Waals surface area (Å²) >= 11 is 0. The molecule has 1 atom stereocenters. The van der Waals surface area contributed by atoms with Gasteiger partial charge in [-0.15, -0.1) is 0 Å². The molecule has 2 aromatic rings. The van der Waals surface area contributed by atoms with E-state index in [1.165, 1.54) is 30.9 Å². The molecule has 1 unspecified atom stereocenters. The van der Waals surface area contributed by atoms with E-state index in [1.807, 2.05) is 36.4 Å². The smallest absolute Gasteiger partial charge is 0.330 e. The minimum absolute atomic E-state index is 0.209. The zero-order valence-corrected chi connectivity index (χ0v) is 19.1. The highest BCUT2D eigenvalue weighted by atomic mass is 16.6. The Kier molecular flexibility index (Phi) is 11.3. The van der Waals surface area contributed by atoms with E-state index in [4.69, 9.17) is 14.2 Å². The second-order valence-corrected chi connectivity index (χ2v) is 7.71. The summed E-state index contributed by atoms with van der Waals surface area (Å²) in [6, 6.07) is 15.8. The molecule has 2 aromatic carbocycles. The third-order valence-corrected chi connectivity index (χ3v) is 5.22. The van der Waals surface area contributed by atoms with Crippen molar-refractivity contribution in [1.29, 1.82) is 0 Å². The molecule has 0 saturated carbocycles. The lowest BCUT2D eigenvalue weighted by atomic mass is 9.99. The van der Waals surface area contributed by atoms with E-state index < -0.39 is 0 Å². The highest BCUT2D eigenvalue weighted by molar-refractivity contribution is 5.87. The van der Waals surface area contributed by atoms with Crippen LogP contribution in [0.15, 0.2) is 54.6 Å². The van der Waals surface area contributed by atoms with Crippen LogP contribution in [0.2, 0.25) is 0 Å².